The molecule has 4 rings (SSSR count). The van der Waals surface area contributed by atoms with Gasteiger partial charge in [-0.3, -0.25) is 15.3 Å². The molecule has 0 spiro atoms. The summed E-state index contributed by atoms with van der Waals surface area (Å²) in [6.07, 6.45) is 15.7. The third-order valence-electron chi connectivity index (χ3n) is 7.60. The van der Waals surface area contributed by atoms with Crippen LogP contribution in [0.4, 0.5) is 4.39 Å². The van der Waals surface area contributed by atoms with Crippen molar-refractivity contribution in [2.75, 3.05) is 26.7 Å². The third-order valence-corrected chi connectivity index (χ3v) is 7.60. The number of halogens is 1. The van der Waals surface area contributed by atoms with E-state index in [4.69, 9.17) is 9.98 Å². The van der Waals surface area contributed by atoms with Crippen LogP contribution in [0.2, 0.25) is 0 Å². The van der Waals surface area contributed by atoms with Gasteiger partial charge in [-0.15, -0.1) is 0 Å². The second-order valence-corrected chi connectivity index (χ2v) is 10.7. The highest BCUT2D eigenvalue weighted by atomic mass is 19.1. The first kappa shape index (κ1) is 27.6. The molecule has 3 heterocycles. The summed E-state index contributed by atoms with van der Waals surface area (Å²) in [7, 11) is 2.20. The summed E-state index contributed by atoms with van der Waals surface area (Å²) < 4.78 is 13.6. The number of piperidine rings is 1. The Morgan fingerprint density at radius 1 is 1.16 bits per heavy atom. The van der Waals surface area contributed by atoms with E-state index < -0.39 is 6.29 Å². The first-order valence-electron chi connectivity index (χ1n) is 13.9. The van der Waals surface area contributed by atoms with Crippen molar-refractivity contribution in [1.29, 1.82) is 0 Å². The Bertz CT molecular complexity index is 959. The minimum atomic E-state index is -0.431. The Morgan fingerprint density at radius 2 is 1.95 bits per heavy atom. The fourth-order valence-corrected chi connectivity index (χ4v) is 5.30. The highest BCUT2D eigenvalue weighted by Gasteiger charge is 2.28. The molecule has 2 aliphatic heterocycles. The normalized spacial score (nSPS) is 28.0. The van der Waals surface area contributed by atoms with Crippen LogP contribution in [0.1, 0.15) is 69.0 Å². The zero-order valence-corrected chi connectivity index (χ0v) is 22.3. The fourth-order valence-electron chi connectivity index (χ4n) is 5.30. The first-order valence-corrected chi connectivity index (χ1v) is 13.9. The van der Waals surface area contributed by atoms with Crippen LogP contribution in [0, 0.1) is 5.92 Å². The molecule has 1 aromatic rings. The average molecular weight is 511 g/mol. The lowest BCUT2D eigenvalue weighted by atomic mass is 9.90. The number of amidine groups is 1. The molecule has 0 radical (unpaired) electrons. The number of aromatic nitrogens is 1. The summed E-state index contributed by atoms with van der Waals surface area (Å²) in [5.41, 5.74) is 2.22. The van der Waals surface area contributed by atoms with Crippen molar-refractivity contribution in [2.24, 2.45) is 15.9 Å². The van der Waals surface area contributed by atoms with Crippen LogP contribution in [0.5, 0.6) is 0 Å². The van der Waals surface area contributed by atoms with E-state index in [1.807, 2.05) is 19.3 Å². The van der Waals surface area contributed by atoms with E-state index in [-0.39, 0.29) is 23.9 Å². The van der Waals surface area contributed by atoms with Crippen LogP contribution in [0.3, 0.4) is 0 Å². The average Bonchev–Trinajstić information content (AvgIpc) is 2.90. The number of rotatable bonds is 9. The minimum absolute atomic E-state index is 0.136. The van der Waals surface area contributed by atoms with Crippen LogP contribution in [0.15, 0.2) is 52.4 Å². The van der Waals surface area contributed by atoms with Crippen LogP contribution >= 0.6 is 0 Å². The number of aliphatic imine (C=N–C) groups is 2. The van der Waals surface area contributed by atoms with E-state index in [0.29, 0.717) is 13.0 Å². The summed E-state index contributed by atoms with van der Waals surface area (Å²) in [6, 6.07) is 4.59. The van der Waals surface area contributed by atoms with Gasteiger partial charge < -0.3 is 15.3 Å². The number of nitrogens with one attached hydrogen (secondary N) is 2. The van der Waals surface area contributed by atoms with Gasteiger partial charge in [-0.05, 0) is 101 Å². The number of aliphatic hydroxyl groups excluding tert-OH is 1. The Labute approximate surface area is 221 Å². The number of aliphatic hydroxyl groups is 1. The highest BCUT2D eigenvalue weighted by molar-refractivity contribution is 6.03. The Kier molecular flexibility index (Phi) is 10.4. The van der Waals surface area contributed by atoms with Crippen LogP contribution in [-0.2, 0) is 6.42 Å². The molecule has 3 N–H and O–H groups in total. The number of pyridine rings is 1. The summed E-state index contributed by atoms with van der Waals surface area (Å²) in [5.74, 6) is 1.22. The van der Waals surface area contributed by atoms with Gasteiger partial charge in [0.2, 0.25) is 0 Å². The molecule has 0 bridgehead atoms. The van der Waals surface area contributed by atoms with Crippen molar-refractivity contribution in [3.8, 4) is 0 Å². The van der Waals surface area contributed by atoms with E-state index in [2.05, 4.69) is 39.7 Å². The molecule has 1 saturated heterocycles. The van der Waals surface area contributed by atoms with Gasteiger partial charge in [-0.25, -0.2) is 9.38 Å². The van der Waals surface area contributed by atoms with Gasteiger partial charge in [0, 0.05) is 25.0 Å². The summed E-state index contributed by atoms with van der Waals surface area (Å²) in [5, 5.41) is 16.8. The number of allylic oxidation sites excluding steroid dienone is 3. The van der Waals surface area contributed by atoms with Gasteiger partial charge in [0.25, 0.3) is 0 Å². The second kappa shape index (κ2) is 13.9. The maximum atomic E-state index is 13.6. The summed E-state index contributed by atoms with van der Waals surface area (Å²) >= 11 is 0. The van der Waals surface area contributed by atoms with Crippen LogP contribution in [0.25, 0.3) is 0 Å². The summed E-state index contributed by atoms with van der Waals surface area (Å²) in [4.78, 5) is 16.7. The lowest BCUT2D eigenvalue weighted by Gasteiger charge is -2.31. The predicted octanol–water partition coefficient (Wildman–Crippen LogP) is 4.12. The monoisotopic (exact) mass is 510 g/mol. The molecule has 37 heavy (non-hydrogen) atoms. The number of nitrogens with zero attached hydrogens (tertiary/aromatic N) is 4. The van der Waals surface area contributed by atoms with E-state index in [1.54, 1.807) is 12.2 Å². The number of likely N-dealkylation sites (tertiary alicyclic amines) is 1. The molecule has 2 fully saturated rings. The highest BCUT2D eigenvalue weighted by Crippen LogP contribution is 2.24. The molecule has 3 aliphatic rings. The van der Waals surface area contributed by atoms with Crippen molar-refractivity contribution in [2.45, 2.75) is 82.6 Å². The minimum Gasteiger partial charge on any atom is -0.393 e. The molecule has 0 amide bonds. The van der Waals surface area contributed by atoms with Gasteiger partial charge in [0.1, 0.15) is 11.7 Å². The van der Waals surface area contributed by atoms with Crippen LogP contribution < -0.4 is 10.6 Å². The van der Waals surface area contributed by atoms with Crippen LogP contribution in [-0.4, -0.2) is 72.2 Å². The molecular formula is C29H43FN6O. The van der Waals surface area contributed by atoms with Gasteiger partial charge in [-0.2, -0.15) is 0 Å². The molecule has 1 saturated carbocycles. The fraction of sp³-hybridized carbons (Fsp3) is 0.621. The molecular weight excluding hydrogens is 467 g/mol. The summed E-state index contributed by atoms with van der Waals surface area (Å²) in [6.45, 7) is 4.72. The van der Waals surface area contributed by atoms with Crippen molar-refractivity contribution in [3.63, 3.8) is 0 Å². The molecule has 1 aromatic heterocycles. The molecule has 2 atom stereocenters. The zero-order valence-electron chi connectivity index (χ0n) is 22.3. The van der Waals surface area contributed by atoms with E-state index in [0.717, 1.165) is 49.6 Å². The molecule has 2 unspecified atom stereocenters. The van der Waals surface area contributed by atoms with Gasteiger partial charge in [-0.1, -0.05) is 19.1 Å². The standard InChI is InChI=1S/C29H43FN6O/c1-3-5-23(30)6-4-15-31-29-33-20-26(28(35-29)34-24-8-10-25(37)11-9-24)27-12-7-22(19-32-27)18-21-13-16-36(2)17-14-21/h4-7,12,19-21,24-26,29,31,37H,3,8-11,13-18H2,1-2H3,(H,34,35). The largest absolute Gasteiger partial charge is 0.393 e. The lowest BCUT2D eigenvalue weighted by Crippen LogP contribution is -2.45. The lowest BCUT2D eigenvalue weighted by molar-refractivity contribution is 0.120. The van der Waals surface area contributed by atoms with Crippen molar-refractivity contribution in [3.05, 3.63) is 53.6 Å². The second-order valence-electron chi connectivity index (χ2n) is 10.7. The first-order chi connectivity index (χ1) is 18.0. The van der Waals surface area contributed by atoms with Crippen molar-refractivity contribution < 1.29 is 9.50 Å². The van der Waals surface area contributed by atoms with Gasteiger partial charge in [0.05, 0.1) is 17.7 Å². The van der Waals surface area contributed by atoms with Crippen molar-refractivity contribution >= 4 is 12.1 Å². The smallest absolute Gasteiger partial charge is 0.195 e. The van der Waals surface area contributed by atoms with Gasteiger partial charge in [0.15, 0.2) is 6.29 Å². The topological polar surface area (TPSA) is 85.1 Å². The maximum absolute atomic E-state index is 13.6. The predicted molar refractivity (Wildman–Crippen MR) is 149 cm³/mol. The zero-order chi connectivity index (χ0) is 26.0. The van der Waals surface area contributed by atoms with E-state index in [1.165, 1.54) is 37.6 Å². The van der Waals surface area contributed by atoms with Crippen molar-refractivity contribution in [1.82, 2.24) is 20.5 Å². The molecule has 202 valence electrons. The van der Waals surface area contributed by atoms with Gasteiger partial charge >= 0.3 is 0 Å². The SMILES string of the molecule is CCC=C(F)C=CCNC1N=CC(c2ccc(CC3CCN(C)CC3)cn2)C(NC2CCC(O)CC2)=N1. The Hall–Kier alpha value is -2.42. The molecule has 7 nitrogen and oxygen atoms in total. The quantitative estimate of drug-likeness (QED) is 0.435. The third kappa shape index (κ3) is 8.55. The Balaban J connectivity index is 1.41. The Morgan fingerprint density at radius 3 is 2.65 bits per heavy atom. The molecule has 8 heteroatoms. The van der Waals surface area contributed by atoms with E-state index >= 15 is 0 Å². The van der Waals surface area contributed by atoms with E-state index in [9.17, 15) is 9.50 Å². The molecule has 1 aliphatic carbocycles. The molecule has 0 aromatic carbocycles. The number of hydrogen-bond donors (Lipinski definition) is 3. The number of hydrogen-bond acceptors (Lipinski definition) is 7. The maximum Gasteiger partial charge on any atom is 0.195 e.